The SMILES string of the molecule is CCC(C)C(=O)OC1CC(C)C=C2C=CC(C)C(CCC3CC(OC(=O)NCCOCCOCCOCCOC(=O)CCCCC4CCSS4)CC(=O)O3)C21. The first-order valence-corrected chi connectivity index (χ1v) is 22.9. The summed E-state index contributed by atoms with van der Waals surface area (Å²) in [4.78, 5) is 49.7. The molecular weight excluding hydrogens is 747 g/mol. The number of alkyl carbamates (subject to hydrolysis) is 1. The summed E-state index contributed by atoms with van der Waals surface area (Å²) < 4.78 is 39.2. The number of cyclic esters (lactones) is 1. The van der Waals surface area contributed by atoms with Crippen LogP contribution in [0, 0.1) is 29.6 Å². The quantitative estimate of drug-likeness (QED) is 0.0453. The number of hydrogen-bond donors (Lipinski definition) is 1. The van der Waals surface area contributed by atoms with E-state index in [1.807, 2.05) is 35.4 Å². The monoisotopic (exact) mass is 811 g/mol. The minimum absolute atomic E-state index is 0.0232. The zero-order valence-corrected chi connectivity index (χ0v) is 35.0. The van der Waals surface area contributed by atoms with Crippen molar-refractivity contribution in [3.8, 4) is 0 Å². The van der Waals surface area contributed by atoms with E-state index in [-0.39, 0.29) is 80.0 Å². The summed E-state index contributed by atoms with van der Waals surface area (Å²) >= 11 is 0. The van der Waals surface area contributed by atoms with Crippen molar-refractivity contribution in [2.45, 2.75) is 122 Å². The Hall–Kier alpha value is -2.26. The fraction of sp³-hybridized carbons (Fsp3) is 0.805. The molecular formula is C41H65NO11S2. The first-order chi connectivity index (χ1) is 26.6. The lowest BCUT2D eigenvalue weighted by Crippen LogP contribution is -2.42. The van der Waals surface area contributed by atoms with Gasteiger partial charge in [0.1, 0.15) is 24.9 Å². The molecule has 9 unspecified atom stereocenters. The molecule has 0 spiro atoms. The van der Waals surface area contributed by atoms with E-state index in [1.54, 1.807) is 0 Å². The molecule has 55 heavy (non-hydrogen) atoms. The van der Waals surface area contributed by atoms with Gasteiger partial charge in [0.05, 0.1) is 52.0 Å². The second kappa shape index (κ2) is 25.2. The Labute approximate surface area is 336 Å². The van der Waals surface area contributed by atoms with Crippen LogP contribution in [0.4, 0.5) is 4.79 Å². The third kappa shape index (κ3) is 16.6. The van der Waals surface area contributed by atoms with E-state index in [2.05, 4.69) is 37.4 Å². The van der Waals surface area contributed by atoms with Crippen LogP contribution in [0.3, 0.4) is 0 Å². The van der Waals surface area contributed by atoms with Gasteiger partial charge in [-0.15, -0.1) is 0 Å². The van der Waals surface area contributed by atoms with E-state index in [0.717, 1.165) is 37.4 Å². The fourth-order valence-electron chi connectivity index (χ4n) is 7.60. The normalized spacial score (nSPS) is 28.1. The molecule has 312 valence electrons. The van der Waals surface area contributed by atoms with Crippen LogP contribution in [0.1, 0.15) is 98.3 Å². The molecule has 12 nitrogen and oxygen atoms in total. The van der Waals surface area contributed by atoms with Crippen LogP contribution < -0.4 is 5.32 Å². The lowest BCUT2D eigenvalue weighted by atomic mass is 9.65. The van der Waals surface area contributed by atoms with Crippen molar-refractivity contribution in [1.29, 1.82) is 0 Å². The molecule has 2 saturated heterocycles. The number of allylic oxidation sites excluding steroid dienone is 3. The van der Waals surface area contributed by atoms with Gasteiger partial charge >= 0.3 is 24.0 Å². The molecule has 0 aromatic rings. The van der Waals surface area contributed by atoms with Crippen molar-refractivity contribution in [2.75, 3.05) is 58.5 Å². The highest BCUT2D eigenvalue weighted by Crippen LogP contribution is 2.45. The van der Waals surface area contributed by atoms with Gasteiger partial charge in [0.2, 0.25) is 0 Å². The number of fused-ring (bicyclic) bond motifs is 1. The van der Waals surface area contributed by atoms with Crippen LogP contribution in [0.2, 0.25) is 0 Å². The minimum atomic E-state index is -0.595. The van der Waals surface area contributed by atoms with E-state index in [9.17, 15) is 19.2 Å². The van der Waals surface area contributed by atoms with Crippen LogP contribution >= 0.6 is 21.6 Å². The van der Waals surface area contributed by atoms with Gasteiger partial charge in [0, 0.05) is 36.3 Å². The number of hydrogen-bond acceptors (Lipinski definition) is 13. The molecule has 9 atom stereocenters. The number of esters is 3. The summed E-state index contributed by atoms with van der Waals surface area (Å²) in [5.74, 6) is 1.35. The van der Waals surface area contributed by atoms with Gasteiger partial charge in [-0.3, -0.25) is 14.4 Å². The van der Waals surface area contributed by atoms with Gasteiger partial charge in [0.15, 0.2) is 0 Å². The smallest absolute Gasteiger partial charge is 0.407 e. The van der Waals surface area contributed by atoms with E-state index in [1.165, 1.54) is 24.2 Å². The highest BCUT2D eigenvalue weighted by molar-refractivity contribution is 8.77. The van der Waals surface area contributed by atoms with Gasteiger partial charge < -0.3 is 38.5 Å². The number of unbranched alkanes of at least 4 members (excludes halogenated alkanes) is 1. The van der Waals surface area contributed by atoms with Crippen molar-refractivity contribution in [1.82, 2.24) is 5.32 Å². The number of ether oxygens (including phenoxy) is 7. The molecule has 14 heteroatoms. The van der Waals surface area contributed by atoms with Crippen LogP contribution in [-0.2, 0) is 47.5 Å². The zero-order chi connectivity index (χ0) is 39.4. The molecule has 4 aliphatic rings. The molecule has 1 amide bonds. The van der Waals surface area contributed by atoms with Gasteiger partial charge in [-0.05, 0) is 68.3 Å². The molecule has 2 aliphatic carbocycles. The predicted octanol–water partition coefficient (Wildman–Crippen LogP) is 7.24. The van der Waals surface area contributed by atoms with Gasteiger partial charge in [-0.25, -0.2) is 4.79 Å². The molecule has 0 bridgehead atoms. The average molecular weight is 812 g/mol. The minimum Gasteiger partial charge on any atom is -0.463 e. The molecule has 2 aliphatic heterocycles. The summed E-state index contributed by atoms with van der Waals surface area (Å²) in [5, 5.41) is 3.43. The zero-order valence-electron chi connectivity index (χ0n) is 33.4. The van der Waals surface area contributed by atoms with Crippen LogP contribution in [-0.4, -0.2) is 106 Å². The number of carbonyl (C=O) groups is 4. The number of nitrogens with one attached hydrogen (secondary N) is 1. The van der Waals surface area contributed by atoms with Crippen LogP contribution in [0.5, 0.6) is 0 Å². The summed E-state index contributed by atoms with van der Waals surface area (Å²) in [6.45, 7) is 10.9. The van der Waals surface area contributed by atoms with Crippen molar-refractivity contribution in [3.05, 3.63) is 23.8 Å². The molecule has 0 saturated carbocycles. The lowest BCUT2D eigenvalue weighted by molar-refractivity contribution is -0.162. The number of rotatable bonds is 24. The maximum absolute atomic E-state index is 12.8. The Bertz CT molecular complexity index is 1260. The Morgan fingerprint density at radius 3 is 2.42 bits per heavy atom. The van der Waals surface area contributed by atoms with Crippen LogP contribution in [0.25, 0.3) is 0 Å². The second-order valence-corrected chi connectivity index (χ2v) is 18.1. The van der Waals surface area contributed by atoms with E-state index in [0.29, 0.717) is 58.2 Å². The Balaban J connectivity index is 1.02. The lowest BCUT2D eigenvalue weighted by Gasteiger charge is -2.43. The van der Waals surface area contributed by atoms with Gasteiger partial charge in [-0.2, -0.15) is 0 Å². The van der Waals surface area contributed by atoms with Crippen molar-refractivity contribution in [2.24, 2.45) is 29.6 Å². The molecule has 0 aromatic carbocycles. The van der Waals surface area contributed by atoms with Gasteiger partial charge in [0.25, 0.3) is 0 Å². The standard InChI is InChI=1S/C41H65NO11S2/c1-5-29(3)40(45)53-36-25-28(2)24-31-11-10-30(4)35(39(31)36)13-12-32-26-33(27-38(44)51-32)52-41(46)42-15-16-47-17-18-48-19-20-49-21-22-50-37(43)9-7-6-8-34-14-23-54-55-34/h10-11,24,28-30,32-36,39H,5-9,12-23,25-27H2,1-4H3,(H,42,46). The molecule has 1 N–H and O–H groups in total. The third-order valence-corrected chi connectivity index (χ3v) is 13.8. The topological polar surface area (TPSA) is 145 Å². The predicted molar refractivity (Wildman–Crippen MR) is 213 cm³/mol. The van der Waals surface area contributed by atoms with Crippen LogP contribution in [0.15, 0.2) is 23.8 Å². The average Bonchev–Trinajstić information content (AvgIpc) is 3.68. The number of carbonyl (C=O) groups excluding carboxylic acids is 4. The second-order valence-electron chi connectivity index (χ2n) is 15.3. The van der Waals surface area contributed by atoms with E-state index >= 15 is 0 Å². The maximum Gasteiger partial charge on any atom is 0.407 e. The highest BCUT2D eigenvalue weighted by Gasteiger charge is 2.42. The maximum atomic E-state index is 12.8. The molecule has 4 rings (SSSR count). The van der Waals surface area contributed by atoms with Crippen molar-refractivity contribution < 1.29 is 52.3 Å². The van der Waals surface area contributed by atoms with E-state index in [4.69, 9.17) is 33.2 Å². The van der Waals surface area contributed by atoms with E-state index < -0.39 is 12.2 Å². The molecule has 2 fully saturated rings. The van der Waals surface area contributed by atoms with Gasteiger partial charge in [-0.1, -0.05) is 73.9 Å². The first-order valence-electron chi connectivity index (χ1n) is 20.5. The third-order valence-electron chi connectivity index (χ3n) is 10.8. The Morgan fingerprint density at radius 2 is 1.69 bits per heavy atom. The van der Waals surface area contributed by atoms with Crippen molar-refractivity contribution in [3.63, 3.8) is 0 Å². The Morgan fingerprint density at radius 1 is 0.945 bits per heavy atom. The molecule has 0 radical (unpaired) electrons. The Kier molecular flexibility index (Phi) is 20.8. The summed E-state index contributed by atoms with van der Waals surface area (Å²) in [5.41, 5.74) is 1.23. The summed E-state index contributed by atoms with van der Waals surface area (Å²) in [6, 6.07) is 0. The molecule has 0 aromatic heterocycles. The van der Waals surface area contributed by atoms with Crippen molar-refractivity contribution >= 4 is 45.6 Å². The molecule has 2 heterocycles. The number of amides is 1. The largest absolute Gasteiger partial charge is 0.463 e. The summed E-state index contributed by atoms with van der Waals surface area (Å²) in [6.07, 6.45) is 13.3. The first kappa shape index (κ1) is 45.4. The fourth-order valence-corrected chi connectivity index (χ4v) is 10.6. The summed E-state index contributed by atoms with van der Waals surface area (Å²) in [7, 11) is 3.92. The highest BCUT2D eigenvalue weighted by atomic mass is 33.1.